The van der Waals surface area contributed by atoms with Gasteiger partial charge in [-0.1, -0.05) is 43.0 Å². The maximum absolute atomic E-state index is 12.0. The van der Waals surface area contributed by atoms with Crippen LogP contribution in [0.3, 0.4) is 0 Å². The molecule has 0 N–H and O–H groups in total. The molecule has 5 heteroatoms. The van der Waals surface area contributed by atoms with E-state index in [1.807, 2.05) is 58.0 Å². The number of benzene rings is 1. The molecular formula is C18H23BO4. The summed E-state index contributed by atoms with van der Waals surface area (Å²) in [5, 5.41) is 0. The minimum absolute atomic E-state index is 0.167. The van der Waals surface area contributed by atoms with Gasteiger partial charge in [-0.25, -0.2) is 4.79 Å². The normalized spacial score (nSPS) is 19.5. The van der Waals surface area contributed by atoms with Crippen molar-refractivity contribution in [3.8, 4) is 0 Å². The summed E-state index contributed by atoms with van der Waals surface area (Å²) in [6.07, 6.45) is 2.96. The average molecular weight is 314 g/mol. The van der Waals surface area contributed by atoms with E-state index in [-0.39, 0.29) is 6.61 Å². The van der Waals surface area contributed by atoms with Crippen LogP contribution >= 0.6 is 0 Å². The van der Waals surface area contributed by atoms with Crippen molar-refractivity contribution in [2.45, 2.75) is 38.9 Å². The summed E-state index contributed by atoms with van der Waals surface area (Å²) in [6.45, 7) is 11.6. The monoisotopic (exact) mass is 314 g/mol. The molecule has 2 rings (SSSR count). The van der Waals surface area contributed by atoms with Crippen LogP contribution in [-0.4, -0.2) is 30.9 Å². The van der Waals surface area contributed by atoms with E-state index in [1.165, 1.54) is 12.2 Å². The van der Waals surface area contributed by atoms with E-state index in [0.717, 1.165) is 5.56 Å². The highest BCUT2D eigenvalue weighted by Gasteiger charge is 2.52. The van der Waals surface area contributed by atoms with Crippen LogP contribution in [0.25, 0.3) is 5.47 Å². The second-order valence-electron chi connectivity index (χ2n) is 6.47. The largest absolute Gasteiger partial charge is 0.495 e. The predicted octanol–water partition coefficient (Wildman–Crippen LogP) is 3.43. The van der Waals surface area contributed by atoms with Crippen molar-refractivity contribution in [3.63, 3.8) is 0 Å². The lowest BCUT2D eigenvalue weighted by Gasteiger charge is -2.32. The Bertz CT molecular complexity index is 589. The molecule has 0 unspecified atom stereocenters. The fraction of sp³-hybridized carbons (Fsp3) is 0.389. The van der Waals surface area contributed by atoms with Crippen LogP contribution in [-0.2, 0) is 18.8 Å². The summed E-state index contributed by atoms with van der Waals surface area (Å²) in [6, 6.07) is 9.56. The fourth-order valence-electron chi connectivity index (χ4n) is 2.20. The average Bonchev–Trinajstić information content (AvgIpc) is 2.71. The van der Waals surface area contributed by atoms with Gasteiger partial charge in [-0.05, 0) is 38.7 Å². The van der Waals surface area contributed by atoms with E-state index < -0.39 is 24.3 Å². The molecule has 0 bridgehead atoms. The van der Waals surface area contributed by atoms with Crippen molar-refractivity contribution in [2.75, 3.05) is 6.61 Å². The number of esters is 1. The lowest BCUT2D eigenvalue weighted by molar-refractivity contribution is -0.136. The van der Waals surface area contributed by atoms with Crippen LogP contribution in [0.2, 0.25) is 0 Å². The number of hydrogen-bond acceptors (Lipinski definition) is 4. The van der Waals surface area contributed by atoms with Gasteiger partial charge in [0, 0.05) is 6.08 Å². The van der Waals surface area contributed by atoms with Crippen LogP contribution in [0.1, 0.15) is 33.3 Å². The third kappa shape index (κ3) is 3.92. The van der Waals surface area contributed by atoms with Crippen molar-refractivity contribution in [1.29, 1.82) is 0 Å². The van der Waals surface area contributed by atoms with Crippen LogP contribution in [0.5, 0.6) is 0 Å². The molecule has 0 aromatic heterocycles. The summed E-state index contributed by atoms with van der Waals surface area (Å²) in [5.74, 6) is -0.446. The lowest BCUT2D eigenvalue weighted by atomic mass is 9.74. The first-order valence-electron chi connectivity index (χ1n) is 7.67. The molecular weight excluding hydrogens is 291 g/mol. The zero-order valence-electron chi connectivity index (χ0n) is 14.2. The number of ether oxygens (including phenoxy) is 1. The Balaban J connectivity index is 2.34. The maximum Gasteiger partial charge on any atom is 0.495 e. The maximum atomic E-state index is 12.0. The molecule has 1 fully saturated rings. The van der Waals surface area contributed by atoms with Crippen LogP contribution in [0.4, 0.5) is 0 Å². The highest BCUT2D eigenvalue weighted by Crippen LogP contribution is 2.40. The minimum atomic E-state index is -0.626. The van der Waals surface area contributed by atoms with Crippen molar-refractivity contribution in [1.82, 2.24) is 0 Å². The summed E-state index contributed by atoms with van der Waals surface area (Å²) >= 11 is 0. The Kier molecular flexibility index (Phi) is 5.12. The molecule has 0 amide bonds. The molecule has 0 aliphatic carbocycles. The minimum Gasteiger partial charge on any atom is -0.458 e. The van der Waals surface area contributed by atoms with E-state index >= 15 is 0 Å². The van der Waals surface area contributed by atoms with Gasteiger partial charge in [-0.15, -0.1) is 0 Å². The summed E-state index contributed by atoms with van der Waals surface area (Å²) in [7, 11) is -0.626. The Hall–Kier alpha value is -1.85. The predicted molar refractivity (Wildman–Crippen MR) is 91.7 cm³/mol. The lowest BCUT2D eigenvalue weighted by Crippen LogP contribution is -2.41. The number of hydrogen-bond donors (Lipinski definition) is 0. The van der Waals surface area contributed by atoms with Gasteiger partial charge in [0.25, 0.3) is 0 Å². The highest BCUT2D eigenvalue weighted by molar-refractivity contribution is 6.69. The van der Waals surface area contributed by atoms with Gasteiger partial charge in [-0.3, -0.25) is 0 Å². The van der Waals surface area contributed by atoms with Gasteiger partial charge >= 0.3 is 13.1 Å². The first-order valence-corrected chi connectivity index (χ1v) is 7.67. The summed E-state index contributed by atoms with van der Waals surface area (Å²) < 4.78 is 17.2. The van der Waals surface area contributed by atoms with Gasteiger partial charge in [0.05, 0.1) is 11.2 Å². The quantitative estimate of drug-likeness (QED) is 0.361. The molecule has 0 saturated carbocycles. The Morgan fingerprint density at radius 2 is 1.74 bits per heavy atom. The molecule has 1 aromatic rings. The first kappa shape index (κ1) is 17.5. The van der Waals surface area contributed by atoms with Crippen molar-refractivity contribution < 1.29 is 18.8 Å². The van der Waals surface area contributed by atoms with Crippen molar-refractivity contribution in [3.05, 3.63) is 54.6 Å². The smallest absolute Gasteiger partial charge is 0.458 e. The molecule has 1 aromatic carbocycles. The van der Waals surface area contributed by atoms with Gasteiger partial charge < -0.3 is 14.0 Å². The van der Waals surface area contributed by atoms with Crippen LogP contribution in [0, 0.1) is 0 Å². The van der Waals surface area contributed by atoms with Gasteiger partial charge in [-0.2, -0.15) is 0 Å². The molecule has 23 heavy (non-hydrogen) atoms. The molecule has 0 radical (unpaired) electrons. The zero-order chi connectivity index (χ0) is 17.1. The molecule has 1 aliphatic heterocycles. The van der Waals surface area contributed by atoms with Crippen molar-refractivity contribution in [2.24, 2.45) is 0 Å². The van der Waals surface area contributed by atoms with E-state index in [1.54, 1.807) is 0 Å². The molecule has 0 spiro atoms. The number of carbonyl (C=O) groups excluding carboxylic acids is 1. The Morgan fingerprint density at radius 3 is 2.26 bits per heavy atom. The third-order valence-electron chi connectivity index (χ3n) is 4.23. The number of carbonyl (C=O) groups is 1. The molecule has 1 saturated heterocycles. The van der Waals surface area contributed by atoms with E-state index in [9.17, 15) is 4.79 Å². The van der Waals surface area contributed by atoms with E-state index in [0.29, 0.717) is 5.47 Å². The molecule has 1 heterocycles. The Labute approximate surface area is 138 Å². The molecule has 1 aliphatic rings. The second kappa shape index (κ2) is 6.73. The van der Waals surface area contributed by atoms with Gasteiger partial charge in [0.2, 0.25) is 0 Å². The summed E-state index contributed by atoms with van der Waals surface area (Å²) in [5.41, 5.74) is 0.562. The molecule has 122 valence electrons. The number of rotatable bonds is 5. The first-order chi connectivity index (χ1) is 10.8. The van der Waals surface area contributed by atoms with Gasteiger partial charge in [0.15, 0.2) is 0 Å². The highest BCUT2D eigenvalue weighted by atomic mass is 16.7. The van der Waals surface area contributed by atoms with E-state index in [4.69, 9.17) is 14.0 Å². The molecule has 4 nitrogen and oxygen atoms in total. The third-order valence-corrected chi connectivity index (χ3v) is 4.23. The van der Waals surface area contributed by atoms with Gasteiger partial charge in [0.1, 0.15) is 6.61 Å². The SMILES string of the molecule is C=CCOC(=O)/C=C(/B1OC(C)(C)C(C)(C)O1)c1ccccc1. The Morgan fingerprint density at radius 1 is 1.17 bits per heavy atom. The molecule has 0 atom stereocenters. The van der Waals surface area contributed by atoms with Crippen molar-refractivity contribution >= 4 is 18.6 Å². The zero-order valence-corrected chi connectivity index (χ0v) is 14.2. The topological polar surface area (TPSA) is 44.8 Å². The van der Waals surface area contributed by atoms with Crippen LogP contribution in [0.15, 0.2) is 49.1 Å². The van der Waals surface area contributed by atoms with Crippen LogP contribution < -0.4 is 0 Å². The standard InChI is InChI=1S/C18H23BO4/c1-6-12-21-16(20)13-15(14-10-8-7-9-11-14)19-22-17(2,3)18(4,5)23-19/h6-11,13H,1,12H2,2-5H3/b15-13+. The summed E-state index contributed by atoms with van der Waals surface area (Å²) in [4.78, 5) is 12.0. The van der Waals surface area contributed by atoms with E-state index in [2.05, 4.69) is 6.58 Å². The fourth-order valence-corrected chi connectivity index (χ4v) is 2.20. The second-order valence-corrected chi connectivity index (χ2v) is 6.47.